The van der Waals surface area contributed by atoms with Gasteiger partial charge in [0.2, 0.25) is 0 Å². The molecule has 2 nitrogen and oxygen atoms in total. The summed E-state index contributed by atoms with van der Waals surface area (Å²) in [6, 6.07) is 0. The lowest BCUT2D eigenvalue weighted by Gasteiger charge is -2.01. The van der Waals surface area contributed by atoms with Crippen LogP contribution in [0.3, 0.4) is 0 Å². The van der Waals surface area contributed by atoms with Crippen LogP contribution in [-0.2, 0) is 0 Å². The van der Waals surface area contributed by atoms with E-state index in [0.717, 1.165) is 4.24 Å². The van der Waals surface area contributed by atoms with Crippen LogP contribution in [0, 0.1) is 0 Å². The summed E-state index contributed by atoms with van der Waals surface area (Å²) in [7, 11) is 0. The quantitative estimate of drug-likeness (QED) is 0.355. The number of hydrogen-bond donors (Lipinski definition) is 3. The Balaban J connectivity index is 2.42. The normalized spacial score (nSPS) is 21.7. The Bertz CT molecular complexity index is 101. The maximum atomic E-state index is 4.02. The Morgan fingerprint density at radius 2 is 2.57 bits per heavy atom. The maximum Gasteiger partial charge on any atom is 0.0726 e. The first-order valence-corrected chi connectivity index (χ1v) is 3.23. The fourth-order valence-corrected chi connectivity index (χ4v) is 1.46. The number of nitrogens with one attached hydrogen (secondary N) is 1. The molecule has 1 aliphatic heterocycles. The molecule has 40 valence electrons. The second-order valence-corrected chi connectivity index (χ2v) is 3.42. The lowest BCUT2D eigenvalue weighted by molar-refractivity contribution is 0.675. The largest absolute Gasteiger partial charge is 0.305 e. The van der Waals surface area contributed by atoms with Gasteiger partial charge in [-0.25, -0.2) is 0 Å². The summed E-state index contributed by atoms with van der Waals surface area (Å²) in [5, 5.41) is 0. The van der Waals surface area contributed by atoms with E-state index in [4.69, 9.17) is 0 Å². The van der Waals surface area contributed by atoms with Gasteiger partial charge in [-0.2, -0.15) is 0 Å². The predicted molar refractivity (Wildman–Crippen MR) is 38.6 cm³/mol. The topological polar surface area (TPSA) is 15.3 Å². The molecule has 0 amide bonds. The van der Waals surface area contributed by atoms with Gasteiger partial charge in [-0.15, -0.1) is 16.4 Å². The van der Waals surface area contributed by atoms with Crippen molar-refractivity contribution in [2.24, 2.45) is 0 Å². The van der Waals surface area contributed by atoms with Crippen LogP contribution in [0.1, 0.15) is 0 Å². The van der Waals surface area contributed by atoms with E-state index in [1.165, 1.54) is 11.9 Å². The molecule has 5 heteroatoms. The molecule has 0 saturated heterocycles. The van der Waals surface area contributed by atoms with E-state index in [2.05, 4.69) is 30.9 Å². The molecule has 1 N–H and O–H groups in total. The Morgan fingerprint density at radius 1 is 1.86 bits per heavy atom. The van der Waals surface area contributed by atoms with Crippen molar-refractivity contribution in [1.82, 2.24) is 9.25 Å². The van der Waals surface area contributed by atoms with Crippen molar-refractivity contribution in [2.75, 3.05) is 0 Å². The fraction of sp³-hybridized carbons (Fsp3) is 0. The number of hydrogen-bond acceptors (Lipinski definition) is 5. The van der Waals surface area contributed by atoms with E-state index in [1.807, 2.05) is 0 Å². The van der Waals surface area contributed by atoms with Crippen molar-refractivity contribution in [3.63, 3.8) is 0 Å². The molecular formula is C2H4N2S3. The first-order chi connectivity index (χ1) is 3.29. The van der Waals surface area contributed by atoms with E-state index in [-0.39, 0.29) is 0 Å². The summed E-state index contributed by atoms with van der Waals surface area (Å²) < 4.78 is 2.50. The van der Waals surface area contributed by atoms with Gasteiger partial charge in [-0.3, -0.25) is 0 Å². The molecule has 0 aromatic rings. The standard InChI is InChI=1S/C2H4N2S3/c5-2-1-3-4(6)7-2/h1,3,5-6H. The van der Waals surface area contributed by atoms with E-state index in [9.17, 15) is 0 Å². The summed E-state index contributed by atoms with van der Waals surface area (Å²) in [5.41, 5.74) is 2.79. The van der Waals surface area contributed by atoms with Gasteiger partial charge in [-0.05, 0) is 11.9 Å². The summed E-state index contributed by atoms with van der Waals surface area (Å²) in [5.74, 6) is 0. The van der Waals surface area contributed by atoms with Crippen molar-refractivity contribution in [1.29, 1.82) is 0 Å². The maximum absolute atomic E-state index is 4.02. The van der Waals surface area contributed by atoms with Crippen molar-refractivity contribution < 1.29 is 0 Å². The van der Waals surface area contributed by atoms with Gasteiger partial charge in [0, 0.05) is 6.20 Å². The summed E-state index contributed by atoms with van der Waals surface area (Å²) >= 11 is 9.39. The van der Waals surface area contributed by atoms with Crippen LogP contribution < -0.4 is 5.43 Å². The highest BCUT2D eigenvalue weighted by atomic mass is 32.2. The zero-order valence-electron chi connectivity index (χ0n) is 3.33. The van der Waals surface area contributed by atoms with Crippen molar-refractivity contribution >= 4 is 37.4 Å². The molecule has 0 radical (unpaired) electrons. The molecule has 0 saturated carbocycles. The van der Waals surface area contributed by atoms with Crippen LogP contribution in [0.15, 0.2) is 10.4 Å². The van der Waals surface area contributed by atoms with Crippen LogP contribution in [-0.4, -0.2) is 3.82 Å². The average Bonchev–Trinajstić information content (AvgIpc) is 1.87. The molecule has 0 fully saturated rings. The molecule has 0 aromatic carbocycles. The Morgan fingerprint density at radius 3 is 2.71 bits per heavy atom. The highest BCUT2D eigenvalue weighted by molar-refractivity contribution is 8.18. The first-order valence-electron chi connectivity index (χ1n) is 1.61. The van der Waals surface area contributed by atoms with Crippen LogP contribution in [0.2, 0.25) is 0 Å². The second kappa shape index (κ2) is 2.21. The third-order valence-corrected chi connectivity index (χ3v) is 1.80. The van der Waals surface area contributed by atoms with Crippen molar-refractivity contribution in [2.45, 2.75) is 0 Å². The monoisotopic (exact) mass is 152 g/mol. The van der Waals surface area contributed by atoms with Crippen LogP contribution >= 0.6 is 37.4 Å². The average molecular weight is 152 g/mol. The van der Waals surface area contributed by atoms with Gasteiger partial charge in [-0.1, -0.05) is 12.8 Å². The first kappa shape index (κ1) is 5.68. The molecule has 0 aliphatic carbocycles. The molecule has 0 aromatic heterocycles. The van der Waals surface area contributed by atoms with E-state index >= 15 is 0 Å². The number of hydrazine groups is 1. The summed E-state index contributed by atoms with van der Waals surface area (Å²) in [4.78, 5) is 0. The number of rotatable bonds is 0. The van der Waals surface area contributed by atoms with Gasteiger partial charge in [0.15, 0.2) is 0 Å². The molecular weight excluding hydrogens is 148 g/mol. The number of nitrogens with zero attached hydrogens (tertiary/aromatic N) is 1. The van der Waals surface area contributed by atoms with E-state index in [1.54, 1.807) is 10.0 Å². The van der Waals surface area contributed by atoms with Gasteiger partial charge < -0.3 is 5.43 Å². The molecule has 1 aliphatic rings. The molecule has 0 bridgehead atoms. The second-order valence-electron chi connectivity index (χ2n) is 0.976. The van der Waals surface area contributed by atoms with Crippen LogP contribution in [0.4, 0.5) is 0 Å². The van der Waals surface area contributed by atoms with Gasteiger partial charge in [0.1, 0.15) is 0 Å². The minimum atomic E-state index is 0.926. The predicted octanol–water partition coefficient (Wildman–Crippen LogP) is 1.03. The fourth-order valence-electron chi connectivity index (χ4n) is 0.252. The number of thiol groups is 2. The SMILES string of the molecule is SC1=CNN(S)S1. The molecule has 1 rings (SSSR count). The highest BCUT2D eigenvalue weighted by Gasteiger charge is 2.05. The minimum absolute atomic E-state index is 0.926. The lowest BCUT2D eigenvalue weighted by Crippen LogP contribution is -2.10. The smallest absolute Gasteiger partial charge is 0.0726 e. The Labute approximate surface area is 57.4 Å². The molecule has 0 spiro atoms. The van der Waals surface area contributed by atoms with Crippen molar-refractivity contribution in [3.8, 4) is 0 Å². The molecule has 7 heavy (non-hydrogen) atoms. The third-order valence-electron chi connectivity index (χ3n) is 0.478. The van der Waals surface area contributed by atoms with Crippen LogP contribution in [0.25, 0.3) is 0 Å². The van der Waals surface area contributed by atoms with Crippen molar-refractivity contribution in [3.05, 3.63) is 10.4 Å². The zero-order chi connectivity index (χ0) is 5.28. The summed E-state index contributed by atoms with van der Waals surface area (Å²) in [6.07, 6.45) is 1.76. The molecule has 0 unspecified atom stereocenters. The zero-order valence-corrected chi connectivity index (χ0v) is 5.93. The summed E-state index contributed by atoms with van der Waals surface area (Å²) in [6.45, 7) is 0. The third kappa shape index (κ3) is 1.49. The highest BCUT2D eigenvalue weighted by Crippen LogP contribution is 2.27. The van der Waals surface area contributed by atoms with Gasteiger partial charge in [0.25, 0.3) is 0 Å². The Kier molecular flexibility index (Phi) is 1.80. The lowest BCUT2D eigenvalue weighted by atomic mass is 11.1. The minimum Gasteiger partial charge on any atom is -0.305 e. The Hall–Kier alpha value is 0.550. The molecule has 1 heterocycles. The van der Waals surface area contributed by atoms with Gasteiger partial charge in [0.05, 0.1) is 4.24 Å². The van der Waals surface area contributed by atoms with Crippen LogP contribution in [0.5, 0.6) is 0 Å². The molecule has 0 atom stereocenters. The van der Waals surface area contributed by atoms with Gasteiger partial charge >= 0.3 is 0 Å². The van der Waals surface area contributed by atoms with E-state index < -0.39 is 0 Å². The van der Waals surface area contributed by atoms with E-state index in [0.29, 0.717) is 0 Å².